The van der Waals surface area contributed by atoms with Crippen molar-refractivity contribution in [1.82, 2.24) is 0 Å². The molecule has 0 radical (unpaired) electrons. The molecule has 2 heterocycles. The van der Waals surface area contributed by atoms with Gasteiger partial charge < -0.3 is 23.4 Å². The number of rotatable bonds is 13. The first-order valence-electron chi connectivity index (χ1n) is 18.4. The van der Waals surface area contributed by atoms with Gasteiger partial charge in [0.05, 0.1) is 12.7 Å². The molecule has 2 bridgehead atoms. The molecule has 1 N–H and O–H groups in total. The van der Waals surface area contributed by atoms with Crippen molar-refractivity contribution in [3.8, 4) is 0 Å². The first kappa shape index (κ1) is 37.4. The predicted molar refractivity (Wildman–Crippen MR) is 209 cm³/mol. The highest BCUT2D eigenvalue weighted by Gasteiger charge is 2.55. The summed E-state index contributed by atoms with van der Waals surface area (Å²) in [5, 5.41) is 15.2. The Bertz CT molecular complexity index is 1630. The summed E-state index contributed by atoms with van der Waals surface area (Å²) in [6.07, 6.45) is 0.315. The number of hydrogen-bond donors (Lipinski definition) is 1. The van der Waals surface area contributed by atoms with E-state index in [-0.39, 0.29) is 28.0 Å². The molecule has 2 aliphatic rings. The standard InChI is InChI=1S/C43H54O6Si2/c1-42(2,3)50(32-19-11-7-12-20-32,33-21-13-8-14-22-33)47-29-27-36-37(39(40(44)45)41-46-31-38(36)49-41)28-30-48-51(43(4,5)6,34-23-15-9-16-24-34)35-25-17-10-18-26-35/h7-26,36-39,41H,27-31H2,1-6H3,(H,44,45)/t36-,37+,38+,39-,41+/m0/s1. The predicted octanol–water partition coefficient (Wildman–Crippen LogP) is 6.61. The Morgan fingerprint density at radius 1 is 0.627 bits per heavy atom. The number of ether oxygens (including phenoxy) is 2. The fourth-order valence-corrected chi connectivity index (χ4v) is 18.1. The highest BCUT2D eigenvalue weighted by Crippen LogP contribution is 2.45. The van der Waals surface area contributed by atoms with Crippen molar-refractivity contribution < 1.29 is 28.2 Å². The number of carboxylic acid groups (broad SMARTS) is 1. The van der Waals surface area contributed by atoms with Crippen LogP contribution < -0.4 is 20.7 Å². The van der Waals surface area contributed by atoms with Gasteiger partial charge in [-0.3, -0.25) is 4.79 Å². The summed E-state index contributed by atoms with van der Waals surface area (Å²) in [5.74, 6) is -1.93. The number of aliphatic carboxylic acids is 1. The van der Waals surface area contributed by atoms with Crippen molar-refractivity contribution in [3.63, 3.8) is 0 Å². The van der Waals surface area contributed by atoms with Crippen LogP contribution >= 0.6 is 0 Å². The zero-order valence-corrected chi connectivity index (χ0v) is 33.0. The van der Waals surface area contributed by atoms with E-state index in [1.54, 1.807) is 0 Å². The van der Waals surface area contributed by atoms with Crippen molar-refractivity contribution in [1.29, 1.82) is 0 Å². The Hall–Kier alpha value is -3.38. The van der Waals surface area contributed by atoms with Gasteiger partial charge in [0.15, 0.2) is 6.29 Å². The molecule has 0 spiro atoms. The van der Waals surface area contributed by atoms with Crippen molar-refractivity contribution in [2.75, 3.05) is 19.8 Å². The summed E-state index contributed by atoms with van der Waals surface area (Å²) in [5.41, 5.74) is 0. The van der Waals surface area contributed by atoms with Gasteiger partial charge in [-0.2, -0.15) is 0 Å². The Kier molecular flexibility index (Phi) is 11.2. The normalized spacial score (nSPS) is 22.5. The van der Waals surface area contributed by atoms with E-state index in [0.29, 0.717) is 32.7 Å². The van der Waals surface area contributed by atoms with E-state index in [2.05, 4.69) is 151 Å². The van der Waals surface area contributed by atoms with Crippen LogP contribution in [0.15, 0.2) is 121 Å². The van der Waals surface area contributed by atoms with Crippen LogP contribution in [0, 0.1) is 17.8 Å². The van der Waals surface area contributed by atoms with Crippen LogP contribution in [-0.2, 0) is 23.1 Å². The average Bonchev–Trinajstić information content (AvgIpc) is 3.54. The molecule has 2 fully saturated rings. The van der Waals surface area contributed by atoms with E-state index in [1.807, 2.05) is 12.1 Å². The molecule has 270 valence electrons. The molecule has 0 unspecified atom stereocenters. The molecule has 2 saturated heterocycles. The third kappa shape index (κ3) is 7.19. The molecule has 4 aromatic carbocycles. The van der Waals surface area contributed by atoms with Crippen LogP contribution in [0.4, 0.5) is 0 Å². The molecule has 6 rings (SSSR count). The van der Waals surface area contributed by atoms with E-state index in [4.69, 9.17) is 18.3 Å². The molecular weight excluding hydrogens is 669 g/mol. The van der Waals surface area contributed by atoms with Gasteiger partial charge in [-0.15, -0.1) is 0 Å². The van der Waals surface area contributed by atoms with Gasteiger partial charge in [-0.05, 0) is 55.5 Å². The summed E-state index contributed by atoms with van der Waals surface area (Å²) < 4.78 is 26.9. The minimum Gasteiger partial charge on any atom is -0.481 e. The van der Waals surface area contributed by atoms with Gasteiger partial charge in [0.2, 0.25) is 0 Å². The first-order valence-corrected chi connectivity index (χ1v) is 22.2. The molecule has 0 aliphatic carbocycles. The molecule has 5 atom stereocenters. The third-order valence-corrected chi connectivity index (χ3v) is 21.3. The van der Waals surface area contributed by atoms with Crippen molar-refractivity contribution in [3.05, 3.63) is 121 Å². The molecule has 8 heteroatoms. The van der Waals surface area contributed by atoms with Crippen LogP contribution in [0.5, 0.6) is 0 Å². The summed E-state index contributed by atoms with van der Waals surface area (Å²) in [6, 6.07) is 42.5. The van der Waals surface area contributed by atoms with E-state index >= 15 is 0 Å². The van der Waals surface area contributed by atoms with Crippen LogP contribution in [0.1, 0.15) is 54.4 Å². The molecule has 0 amide bonds. The number of hydrogen-bond acceptors (Lipinski definition) is 5. The van der Waals surface area contributed by atoms with Gasteiger partial charge in [-0.25, -0.2) is 0 Å². The number of carboxylic acids is 1. The van der Waals surface area contributed by atoms with E-state index in [9.17, 15) is 9.90 Å². The number of fused-ring (bicyclic) bond motifs is 2. The maximum atomic E-state index is 13.0. The lowest BCUT2D eigenvalue weighted by atomic mass is 9.74. The van der Waals surface area contributed by atoms with Gasteiger partial charge >= 0.3 is 5.97 Å². The highest BCUT2D eigenvalue weighted by molar-refractivity contribution is 7.00. The summed E-state index contributed by atoms with van der Waals surface area (Å²) in [6.45, 7) is 15.0. The van der Waals surface area contributed by atoms with Gasteiger partial charge in [0.1, 0.15) is 5.92 Å². The molecular formula is C43H54O6Si2. The average molecular weight is 723 g/mol. The van der Waals surface area contributed by atoms with Gasteiger partial charge in [-0.1, -0.05) is 163 Å². The Labute approximate surface area is 306 Å². The molecule has 0 aromatic heterocycles. The summed E-state index contributed by atoms with van der Waals surface area (Å²) in [7, 11) is -5.57. The molecule has 6 nitrogen and oxygen atoms in total. The van der Waals surface area contributed by atoms with E-state index < -0.39 is 34.8 Å². The quantitative estimate of drug-likeness (QED) is 0.157. The third-order valence-electron chi connectivity index (χ3n) is 11.2. The smallest absolute Gasteiger partial charge is 0.311 e. The SMILES string of the molecule is CC(C)(C)[Si](OCC[C@@H]1[C@H](CCO[Si](c2ccccc2)(c2ccccc2)C(C)(C)C)[C@H]2CO[C@H](O2)[C@@H]1C(=O)O)(c1ccccc1)c1ccccc1. The monoisotopic (exact) mass is 722 g/mol. The summed E-state index contributed by atoms with van der Waals surface area (Å²) in [4.78, 5) is 13.0. The Balaban J connectivity index is 1.30. The maximum absolute atomic E-state index is 13.0. The minimum atomic E-state index is -2.80. The van der Waals surface area contributed by atoms with Gasteiger partial charge in [0.25, 0.3) is 16.6 Å². The zero-order chi connectivity index (χ0) is 36.3. The van der Waals surface area contributed by atoms with Gasteiger partial charge in [0, 0.05) is 13.2 Å². The lowest BCUT2D eigenvalue weighted by molar-refractivity contribution is -0.189. The Morgan fingerprint density at radius 3 is 1.31 bits per heavy atom. The molecule has 4 aromatic rings. The maximum Gasteiger partial charge on any atom is 0.311 e. The lowest BCUT2D eigenvalue weighted by Gasteiger charge is -2.45. The Morgan fingerprint density at radius 2 is 0.980 bits per heavy atom. The van der Waals surface area contributed by atoms with Crippen LogP contribution in [0.25, 0.3) is 0 Å². The lowest BCUT2D eigenvalue weighted by Crippen LogP contribution is -2.67. The van der Waals surface area contributed by atoms with Crippen molar-refractivity contribution in [2.24, 2.45) is 17.8 Å². The van der Waals surface area contributed by atoms with E-state index in [0.717, 1.165) is 0 Å². The van der Waals surface area contributed by atoms with Crippen LogP contribution in [0.3, 0.4) is 0 Å². The zero-order valence-electron chi connectivity index (χ0n) is 31.0. The molecule has 51 heavy (non-hydrogen) atoms. The van der Waals surface area contributed by atoms with E-state index in [1.165, 1.54) is 20.7 Å². The fraction of sp³-hybridized carbons (Fsp3) is 0.419. The second kappa shape index (κ2) is 15.3. The minimum absolute atomic E-state index is 0.0641. The van der Waals surface area contributed by atoms with Crippen molar-refractivity contribution in [2.45, 2.75) is 76.9 Å². The van der Waals surface area contributed by atoms with Crippen molar-refractivity contribution >= 4 is 43.4 Å². The van der Waals surface area contributed by atoms with Crippen LogP contribution in [0.2, 0.25) is 10.1 Å². The fourth-order valence-electron chi connectivity index (χ4n) is 8.91. The second-order valence-electron chi connectivity index (χ2n) is 16.2. The number of benzene rings is 4. The number of carbonyl (C=O) groups is 1. The topological polar surface area (TPSA) is 74.2 Å². The first-order chi connectivity index (χ1) is 24.4. The van der Waals surface area contributed by atoms with Crippen LogP contribution in [-0.4, -0.2) is 59.9 Å². The molecule has 0 saturated carbocycles. The highest BCUT2D eigenvalue weighted by atomic mass is 28.4. The second-order valence-corrected chi connectivity index (χ2v) is 24.8. The largest absolute Gasteiger partial charge is 0.481 e. The molecule has 2 aliphatic heterocycles. The summed E-state index contributed by atoms with van der Waals surface area (Å²) >= 11 is 0.